The molecule has 0 amide bonds. The van der Waals surface area contributed by atoms with E-state index in [1.165, 1.54) is 4.88 Å². The van der Waals surface area contributed by atoms with Crippen molar-refractivity contribution in [2.75, 3.05) is 6.54 Å². The number of aromatic nitrogens is 1. The molecule has 0 aliphatic heterocycles. The van der Waals surface area contributed by atoms with E-state index in [1.807, 2.05) is 6.20 Å². The van der Waals surface area contributed by atoms with E-state index < -0.39 is 0 Å². The van der Waals surface area contributed by atoms with Crippen LogP contribution in [0.25, 0.3) is 0 Å². The van der Waals surface area contributed by atoms with Crippen LogP contribution in [-0.2, 0) is 6.61 Å². The van der Waals surface area contributed by atoms with Crippen LogP contribution in [0.5, 0.6) is 0 Å². The predicted molar refractivity (Wildman–Crippen MR) is 50.1 cm³/mol. The third-order valence-corrected chi connectivity index (χ3v) is 2.81. The normalized spacial score (nSPS) is 13.2. The minimum absolute atomic E-state index is 0.0452. The molecule has 0 aliphatic carbocycles. The van der Waals surface area contributed by atoms with Crippen LogP contribution in [0.3, 0.4) is 0 Å². The Kier molecular flexibility index (Phi) is 3.65. The van der Waals surface area contributed by atoms with E-state index in [1.54, 1.807) is 11.3 Å². The molecule has 0 aliphatic rings. The maximum Gasteiger partial charge on any atom is 0.118 e. The summed E-state index contributed by atoms with van der Waals surface area (Å²) in [7, 11) is 0. The fraction of sp³-hybridized carbons (Fsp3) is 0.625. The predicted octanol–water partition coefficient (Wildman–Crippen LogP) is 1.31. The van der Waals surface area contributed by atoms with Gasteiger partial charge in [0.25, 0.3) is 0 Å². The molecular weight excluding hydrogens is 172 g/mol. The summed E-state index contributed by atoms with van der Waals surface area (Å²) in [5, 5.41) is 12.9. The molecule has 1 heterocycles. The van der Waals surface area contributed by atoms with E-state index in [0.29, 0.717) is 6.04 Å². The van der Waals surface area contributed by atoms with Crippen molar-refractivity contribution in [3.8, 4) is 0 Å². The lowest BCUT2D eigenvalue weighted by Gasteiger charge is -2.07. The molecular formula is C8H14N2OS. The van der Waals surface area contributed by atoms with Gasteiger partial charge in [0.05, 0.1) is 6.61 Å². The van der Waals surface area contributed by atoms with Gasteiger partial charge in [-0.3, -0.25) is 0 Å². The molecule has 68 valence electrons. The molecule has 1 aromatic rings. The average molecular weight is 186 g/mol. The topological polar surface area (TPSA) is 45.2 Å². The molecule has 1 aromatic heterocycles. The molecule has 3 nitrogen and oxygen atoms in total. The van der Waals surface area contributed by atoms with E-state index in [9.17, 15) is 0 Å². The quantitative estimate of drug-likeness (QED) is 0.745. The van der Waals surface area contributed by atoms with Crippen LogP contribution in [0.15, 0.2) is 6.20 Å². The van der Waals surface area contributed by atoms with Crippen LogP contribution < -0.4 is 5.32 Å². The number of hydrogen-bond donors (Lipinski definition) is 2. The minimum Gasteiger partial charge on any atom is -0.389 e. The zero-order chi connectivity index (χ0) is 8.97. The van der Waals surface area contributed by atoms with Gasteiger partial charge in [-0.25, -0.2) is 4.98 Å². The van der Waals surface area contributed by atoms with E-state index in [2.05, 4.69) is 24.1 Å². The summed E-state index contributed by atoms with van der Waals surface area (Å²) in [4.78, 5) is 5.25. The molecule has 4 heteroatoms. The highest BCUT2D eigenvalue weighted by molar-refractivity contribution is 7.11. The number of nitrogens with one attached hydrogen (secondary N) is 1. The monoisotopic (exact) mass is 186 g/mol. The highest BCUT2D eigenvalue weighted by Gasteiger charge is 2.07. The SMILES string of the molecule is CCNC(C)c1cnc(CO)s1. The van der Waals surface area contributed by atoms with Crippen LogP contribution in [-0.4, -0.2) is 16.6 Å². The first-order valence-corrected chi connectivity index (χ1v) is 4.88. The highest BCUT2D eigenvalue weighted by atomic mass is 32.1. The maximum atomic E-state index is 8.79. The molecule has 0 saturated carbocycles. The Bertz CT molecular complexity index is 237. The highest BCUT2D eigenvalue weighted by Crippen LogP contribution is 2.19. The van der Waals surface area contributed by atoms with E-state index >= 15 is 0 Å². The summed E-state index contributed by atoms with van der Waals surface area (Å²) in [6.07, 6.45) is 1.82. The zero-order valence-electron chi connectivity index (χ0n) is 7.37. The molecule has 1 rings (SSSR count). The largest absolute Gasteiger partial charge is 0.389 e. The Morgan fingerprint density at radius 1 is 1.75 bits per heavy atom. The second-order valence-corrected chi connectivity index (χ2v) is 3.74. The van der Waals surface area contributed by atoms with Gasteiger partial charge in [0.2, 0.25) is 0 Å². The van der Waals surface area contributed by atoms with Crippen molar-refractivity contribution in [2.24, 2.45) is 0 Å². The maximum absolute atomic E-state index is 8.79. The molecule has 0 fully saturated rings. The lowest BCUT2D eigenvalue weighted by atomic mass is 10.3. The van der Waals surface area contributed by atoms with E-state index in [0.717, 1.165) is 11.6 Å². The second-order valence-electron chi connectivity index (χ2n) is 2.59. The summed E-state index contributed by atoms with van der Waals surface area (Å²) in [5.41, 5.74) is 0. The van der Waals surface area contributed by atoms with Crippen LogP contribution in [0.4, 0.5) is 0 Å². The van der Waals surface area contributed by atoms with Gasteiger partial charge in [-0.15, -0.1) is 11.3 Å². The summed E-state index contributed by atoms with van der Waals surface area (Å²) in [6, 6.07) is 0.341. The van der Waals surface area contributed by atoms with E-state index in [-0.39, 0.29) is 6.61 Å². The Morgan fingerprint density at radius 2 is 2.50 bits per heavy atom. The third kappa shape index (κ3) is 2.27. The number of thiazole rings is 1. The molecule has 0 saturated heterocycles. The third-order valence-electron chi connectivity index (χ3n) is 1.64. The molecule has 2 N–H and O–H groups in total. The van der Waals surface area contributed by atoms with Crippen LogP contribution >= 0.6 is 11.3 Å². The fourth-order valence-corrected chi connectivity index (χ4v) is 1.81. The molecule has 0 bridgehead atoms. The van der Waals surface area contributed by atoms with Crippen LogP contribution in [0.2, 0.25) is 0 Å². The Morgan fingerprint density at radius 3 is 3.00 bits per heavy atom. The van der Waals surface area contributed by atoms with Crippen LogP contribution in [0, 0.1) is 0 Å². The van der Waals surface area contributed by atoms with Crippen LogP contribution in [0.1, 0.15) is 29.8 Å². The molecule has 12 heavy (non-hydrogen) atoms. The number of aliphatic hydroxyl groups excluding tert-OH is 1. The molecule has 1 atom stereocenters. The first kappa shape index (κ1) is 9.64. The van der Waals surface area contributed by atoms with Gasteiger partial charge < -0.3 is 10.4 Å². The van der Waals surface area contributed by atoms with Crippen molar-refractivity contribution in [3.63, 3.8) is 0 Å². The molecule has 0 radical (unpaired) electrons. The van der Waals surface area contributed by atoms with Gasteiger partial charge in [-0.05, 0) is 13.5 Å². The lowest BCUT2D eigenvalue weighted by molar-refractivity contribution is 0.281. The van der Waals surface area contributed by atoms with Gasteiger partial charge in [-0.1, -0.05) is 6.92 Å². The average Bonchev–Trinajstić information content (AvgIpc) is 2.52. The second kappa shape index (κ2) is 4.54. The minimum atomic E-state index is 0.0452. The van der Waals surface area contributed by atoms with Crippen molar-refractivity contribution in [1.29, 1.82) is 0 Å². The standard InChI is InChI=1S/C8H14N2OS/c1-3-9-6(2)7-4-10-8(5-11)12-7/h4,6,9,11H,3,5H2,1-2H3. The Labute approximate surface area is 76.5 Å². The first-order chi connectivity index (χ1) is 5.77. The van der Waals surface area contributed by atoms with E-state index in [4.69, 9.17) is 5.11 Å². The van der Waals surface area contributed by atoms with Gasteiger partial charge in [-0.2, -0.15) is 0 Å². The van der Waals surface area contributed by atoms with Crippen molar-refractivity contribution >= 4 is 11.3 Å². The zero-order valence-corrected chi connectivity index (χ0v) is 8.19. The number of nitrogens with zero attached hydrogens (tertiary/aromatic N) is 1. The Balaban J connectivity index is 2.61. The van der Waals surface area contributed by atoms with Crippen molar-refractivity contribution in [2.45, 2.75) is 26.5 Å². The van der Waals surface area contributed by atoms with Gasteiger partial charge in [0.1, 0.15) is 5.01 Å². The number of rotatable bonds is 4. The molecule has 1 unspecified atom stereocenters. The smallest absolute Gasteiger partial charge is 0.118 e. The number of aliphatic hydroxyl groups is 1. The number of hydrogen-bond acceptors (Lipinski definition) is 4. The molecule has 0 aromatic carbocycles. The van der Waals surface area contributed by atoms with Gasteiger partial charge in [0.15, 0.2) is 0 Å². The fourth-order valence-electron chi connectivity index (χ4n) is 1.00. The Hall–Kier alpha value is -0.450. The first-order valence-electron chi connectivity index (χ1n) is 4.06. The van der Waals surface area contributed by atoms with Crippen molar-refractivity contribution in [3.05, 3.63) is 16.1 Å². The summed E-state index contributed by atoms with van der Waals surface area (Å²) in [5.74, 6) is 0. The van der Waals surface area contributed by atoms with Crippen molar-refractivity contribution in [1.82, 2.24) is 10.3 Å². The summed E-state index contributed by atoms with van der Waals surface area (Å²) >= 11 is 1.56. The summed E-state index contributed by atoms with van der Waals surface area (Å²) in [6.45, 7) is 5.17. The molecule has 0 spiro atoms. The van der Waals surface area contributed by atoms with Gasteiger partial charge in [0, 0.05) is 17.1 Å². The van der Waals surface area contributed by atoms with Gasteiger partial charge >= 0.3 is 0 Å². The summed E-state index contributed by atoms with van der Waals surface area (Å²) < 4.78 is 0. The van der Waals surface area contributed by atoms with Crippen molar-refractivity contribution < 1.29 is 5.11 Å². The lowest BCUT2D eigenvalue weighted by Crippen LogP contribution is -2.16.